The first-order chi connectivity index (χ1) is 8.13. The summed E-state index contributed by atoms with van der Waals surface area (Å²) in [6.07, 6.45) is 2.35. The zero-order chi connectivity index (χ0) is 14.4. The number of Topliss-reactive ketones (excluding diaryl/α,β-unsaturated/α-hetero) is 1. The van der Waals surface area contributed by atoms with Gasteiger partial charge in [0.15, 0.2) is 0 Å². The van der Waals surface area contributed by atoms with E-state index in [2.05, 4.69) is 6.58 Å². The quantitative estimate of drug-likeness (QED) is 0.304. The second kappa shape index (κ2) is 6.57. The molecule has 0 rings (SSSR count). The van der Waals surface area contributed by atoms with Crippen LogP contribution in [-0.4, -0.2) is 24.0 Å². The lowest BCUT2D eigenvalue weighted by Gasteiger charge is -2.29. The van der Waals surface area contributed by atoms with Gasteiger partial charge in [0.25, 0.3) is 0 Å². The highest BCUT2D eigenvalue weighted by Gasteiger charge is 2.41. The lowest BCUT2D eigenvalue weighted by atomic mass is 9.81. The van der Waals surface area contributed by atoms with E-state index in [1.165, 1.54) is 13.2 Å². The van der Waals surface area contributed by atoms with E-state index in [0.717, 1.165) is 0 Å². The first-order valence-electron chi connectivity index (χ1n) is 6.10. The van der Waals surface area contributed by atoms with Gasteiger partial charge in [-0.1, -0.05) is 6.58 Å². The number of ether oxygens (including phenoxy) is 2. The molecule has 104 valence electrons. The Hall–Kier alpha value is -1.32. The predicted octanol–water partition coefficient (Wildman–Crippen LogP) is 2.86. The number of rotatable bonds is 7. The Kier molecular flexibility index (Phi) is 6.09. The van der Waals surface area contributed by atoms with Crippen molar-refractivity contribution in [1.29, 1.82) is 0 Å². The largest absolute Gasteiger partial charge is 0.502 e. The van der Waals surface area contributed by atoms with Gasteiger partial charge in [-0.05, 0) is 47.5 Å². The molecule has 0 saturated carbocycles. The van der Waals surface area contributed by atoms with Gasteiger partial charge in [0, 0.05) is 0 Å². The molecule has 0 aliphatic heterocycles. The van der Waals surface area contributed by atoms with Crippen molar-refractivity contribution in [1.82, 2.24) is 0 Å². The minimum absolute atomic E-state index is 0.185. The molecule has 1 atom stereocenters. The Labute approximate surface area is 109 Å². The summed E-state index contributed by atoms with van der Waals surface area (Å²) in [5, 5.41) is 0. The number of esters is 1. The van der Waals surface area contributed by atoms with E-state index in [0.29, 0.717) is 19.4 Å². The number of hydrogen-bond donors (Lipinski definition) is 0. The predicted molar refractivity (Wildman–Crippen MR) is 70.0 cm³/mol. The van der Waals surface area contributed by atoms with Gasteiger partial charge in [-0.3, -0.25) is 9.59 Å². The Balaban J connectivity index is 4.65. The molecule has 0 radical (unpaired) electrons. The lowest BCUT2D eigenvalue weighted by Crippen LogP contribution is -2.40. The van der Waals surface area contributed by atoms with E-state index in [1.54, 1.807) is 27.7 Å². The molecule has 0 fully saturated rings. The zero-order valence-electron chi connectivity index (χ0n) is 12.0. The van der Waals surface area contributed by atoms with E-state index >= 15 is 0 Å². The molecule has 0 aromatic carbocycles. The van der Waals surface area contributed by atoms with Crippen molar-refractivity contribution in [3.63, 3.8) is 0 Å². The summed E-state index contributed by atoms with van der Waals surface area (Å²) in [6.45, 7) is 12.3. The van der Waals surface area contributed by atoms with Crippen LogP contribution in [0.15, 0.2) is 12.8 Å². The molecule has 0 spiro atoms. The van der Waals surface area contributed by atoms with Crippen LogP contribution < -0.4 is 0 Å². The maximum absolute atomic E-state index is 12.1. The summed E-state index contributed by atoms with van der Waals surface area (Å²) in [5.74, 6) is -0.656. The van der Waals surface area contributed by atoms with Crippen molar-refractivity contribution < 1.29 is 19.1 Å². The monoisotopic (exact) mass is 256 g/mol. The number of carbonyl (C=O) groups is 2. The van der Waals surface area contributed by atoms with Crippen molar-refractivity contribution in [3.05, 3.63) is 12.8 Å². The minimum Gasteiger partial charge on any atom is -0.502 e. The Bertz CT molecular complexity index is 314. The third-order valence-corrected chi connectivity index (χ3v) is 2.68. The molecule has 0 heterocycles. The van der Waals surface area contributed by atoms with E-state index in [1.807, 2.05) is 0 Å². The Morgan fingerprint density at radius 3 is 2.17 bits per heavy atom. The molecule has 0 bridgehead atoms. The average molecular weight is 256 g/mol. The molecule has 0 aliphatic carbocycles. The molecular formula is C14H24O4. The summed E-state index contributed by atoms with van der Waals surface area (Å²) < 4.78 is 10.3. The molecule has 0 aromatic heterocycles. The molecule has 18 heavy (non-hydrogen) atoms. The summed E-state index contributed by atoms with van der Waals surface area (Å²) in [6, 6.07) is 0. The maximum Gasteiger partial charge on any atom is 0.319 e. The normalized spacial score (nSPS) is 14.5. The third kappa shape index (κ3) is 5.34. The van der Waals surface area contributed by atoms with Crippen molar-refractivity contribution >= 4 is 11.8 Å². The van der Waals surface area contributed by atoms with Gasteiger partial charge in [0.1, 0.15) is 16.8 Å². The van der Waals surface area contributed by atoms with Crippen LogP contribution in [0.2, 0.25) is 0 Å². The fraction of sp³-hybridized carbons (Fsp3) is 0.714. The van der Waals surface area contributed by atoms with Crippen molar-refractivity contribution in [3.8, 4) is 0 Å². The SMILES string of the molecule is C=COCCCC(C)(C(C)=O)C(=O)OC(C)(C)C. The van der Waals surface area contributed by atoms with Crippen LogP contribution in [0.3, 0.4) is 0 Å². The molecule has 0 amide bonds. The highest BCUT2D eigenvalue weighted by atomic mass is 16.6. The lowest BCUT2D eigenvalue weighted by molar-refractivity contribution is -0.169. The third-order valence-electron chi connectivity index (χ3n) is 2.68. The van der Waals surface area contributed by atoms with Crippen molar-refractivity contribution in [2.24, 2.45) is 5.41 Å². The summed E-state index contributed by atoms with van der Waals surface area (Å²) in [7, 11) is 0. The Morgan fingerprint density at radius 2 is 1.78 bits per heavy atom. The molecule has 0 N–H and O–H groups in total. The standard InChI is InChI=1S/C14H24O4/c1-7-17-10-8-9-14(6,11(2)15)12(16)18-13(3,4)5/h7H,1,8-10H2,2-6H3. The number of hydrogen-bond acceptors (Lipinski definition) is 4. The van der Waals surface area contributed by atoms with Gasteiger partial charge in [-0.2, -0.15) is 0 Å². The summed E-state index contributed by atoms with van der Waals surface area (Å²) >= 11 is 0. The van der Waals surface area contributed by atoms with Gasteiger partial charge >= 0.3 is 5.97 Å². The van der Waals surface area contributed by atoms with Gasteiger partial charge in [0.05, 0.1) is 12.9 Å². The molecular weight excluding hydrogens is 232 g/mol. The fourth-order valence-corrected chi connectivity index (χ4v) is 1.40. The van der Waals surface area contributed by atoms with Crippen molar-refractivity contribution in [2.75, 3.05) is 6.61 Å². The molecule has 4 heteroatoms. The summed E-state index contributed by atoms with van der Waals surface area (Å²) in [5.41, 5.74) is -1.69. The molecule has 0 aromatic rings. The van der Waals surface area contributed by atoms with E-state index in [4.69, 9.17) is 9.47 Å². The van der Waals surface area contributed by atoms with Gasteiger partial charge in [0.2, 0.25) is 0 Å². The van der Waals surface area contributed by atoms with E-state index < -0.39 is 17.0 Å². The highest BCUT2D eigenvalue weighted by Crippen LogP contribution is 2.28. The second-order valence-corrected chi connectivity index (χ2v) is 5.53. The van der Waals surface area contributed by atoms with Crippen molar-refractivity contribution in [2.45, 2.75) is 53.1 Å². The van der Waals surface area contributed by atoms with Crippen LogP contribution in [0, 0.1) is 5.41 Å². The first-order valence-corrected chi connectivity index (χ1v) is 6.10. The average Bonchev–Trinajstić information content (AvgIpc) is 2.21. The first kappa shape index (κ1) is 16.7. The zero-order valence-corrected chi connectivity index (χ0v) is 12.0. The van der Waals surface area contributed by atoms with Gasteiger partial charge < -0.3 is 9.47 Å². The van der Waals surface area contributed by atoms with Gasteiger partial charge in [-0.15, -0.1) is 0 Å². The molecule has 0 aliphatic rings. The molecule has 0 saturated heterocycles. The number of carbonyl (C=O) groups excluding carboxylic acids is 2. The van der Waals surface area contributed by atoms with Crippen LogP contribution >= 0.6 is 0 Å². The fourth-order valence-electron chi connectivity index (χ4n) is 1.40. The van der Waals surface area contributed by atoms with Crippen LogP contribution in [0.5, 0.6) is 0 Å². The minimum atomic E-state index is -1.10. The van der Waals surface area contributed by atoms with E-state index in [-0.39, 0.29) is 5.78 Å². The maximum atomic E-state index is 12.1. The van der Waals surface area contributed by atoms with Crippen LogP contribution in [0.4, 0.5) is 0 Å². The topological polar surface area (TPSA) is 52.6 Å². The molecule has 4 nitrogen and oxygen atoms in total. The summed E-state index contributed by atoms with van der Waals surface area (Å²) in [4.78, 5) is 23.8. The van der Waals surface area contributed by atoms with Gasteiger partial charge in [-0.25, -0.2) is 0 Å². The van der Waals surface area contributed by atoms with Crippen LogP contribution in [-0.2, 0) is 19.1 Å². The highest BCUT2D eigenvalue weighted by molar-refractivity contribution is 6.02. The van der Waals surface area contributed by atoms with Crippen LogP contribution in [0.1, 0.15) is 47.5 Å². The van der Waals surface area contributed by atoms with E-state index in [9.17, 15) is 9.59 Å². The second-order valence-electron chi connectivity index (χ2n) is 5.53. The number of ketones is 1. The van der Waals surface area contributed by atoms with Crippen LogP contribution in [0.25, 0.3) is 0 Å². The smallest absolute Gasteiger partial charge is 0.319 e. The Morgan fingerprint density at radius 1 is 1.22 bits per heavy atom. The molecule has 1 unspecified atom stereocenters.